The first-order chi connectivity index (χ1) is 9.06. The fourth-order valence-electron chi connectivity index (χ4n) is 2.38. The van der Waals surface area contributed by atoms with Gasteiger partial charge in [-0.2, -0.15) is 0 Å². The molecule has 1 aliphatic rings. The van der Waals surface area contributed by atoms with E-state index < -0.39 is 0 Å². The minimum Gasteiger partial charge on any atom is -0.393 e. The summed E-state index contributed by atoms with van der Waals surface area (Å²) in [6, 6.07) is 8.05. The van der Waals surface area contributed by atoms with Crippen LogP contribution in [-0.2, 0) is 4.79 Å². The van der Waals surface area contributed by atoms with Crippen LogP contribution in [0.2, 0.25) is 0 Å². The standard InChI is InChI=1S/C16H21NO2/c1-12-4-3-5-14(10-12)6-7-16(19)17-9-8-15(18)13(2)11-17/h3-7,10,13,15,18H,8-9,11H2,1-2H3/b7-6+. The van der Waals surface area contributed by atoms with Crippen LogP contribution < -0.4 is 0 Å². The number of aliphatic hydroxyl groups is 1. The molecule has 1 saturated heterocycles. The van der Waals surface area contributed by atoms with E-state index in [4.69, 9.17) is 0 Å². The molecule has 102 valence electrons. The van der Waals surface area contributed by atoms with E-state index in [0.29, 0.717) is 19.5 Å². The molecule has 1 aromatic rings. The van der Waals surface area contributed by atoms with E-state index >= 15 is 0 Å². The van der Waals surface area contributed by atoms with E-state index in [2.05, 4.69) is 0 Å². The number of nitrogens with zero attached hydrogens (tertiary/aromatic N) is 1. The molecule has 2 atom stereocenters. The molecule has 3 heteroatoms. The Morgan fingerprint density at radius 3 is 2.95 bits per heavy atom. The van der Waals surface area contributed by atoms with Gasteiger partial charge in [-0.05, 0) is 30.9 Å². The average Bonchev–Trinajstić information content (AvgIpc) is 2.39. The van der Waals surface area contributed by atoms with Crippen LogP contribution in [0.5, 0.6) is 0 Å². The molecule has 1 fully saturated rings. The number of amides is 1. The summed E-state index contributed by atoms with van der Waals surface area (Å²) >= 11 is 0. The van der Waals surface area contributed by atoms with Crippen molar-refractivity contribution in [2.75, 3.05) is 13.1 Å². The first kappa shape index (κ1) is 13.8. The molecule has 1 N–H and O–H groups in total. The van der Waals surface area contributed by atoms with E-state index in [0.717, 1.165) is 5.56 Å². The minimum absolute atomic E-state index is 0.0280. The lowest BCUT2D eigenvalue weighted by molar-refractivity contribution is -0.129. The number of hydrogen-bond acceptors (Lipinski definition) is 2. The second-order valence-corrected chi connectivity index (χ2v) is 5.37. The fourth-order valence-corrected chi connectivity index (χ4v) is 2.38. The van der Waals surface area contributed by atoms with Crippen LogP contribution in [0.1, 0.15) is 24.5 Å². The van der Waals surface area contributed by atoms with E-state index in [1.807, 2.05) is 49.1 Å². The highest BCUT2D eigenvalue weighted by molar-refractivity contribution is 5.91. The summed E-state index contributed by atoms with van der Waals surface area (Å²) in [7, 11) is 0. The van der Waals surface area contributed by atoms with Gasteiger partial charge in [0.25, 0.3) is 0 Å². The third-order valence-electron chi connectivity index (χ3n) is 3.63. The average molecular weight is 259 g/mol. The van der Waals surface area contributed by atoms with Crippen molar-refractivity contribution in [1.82, 2.24) is 4.90 Å². The van der Waals surface area contributed by atoms with Gasteiger partial charge in [0.15, 0.2) is 0 Å². The van der Waals surface area contributed by atoms with Crippen molar-refractivity contribution in [3.8, 4) is 0 Å². The molecule has 1 aliphatic heterocycles. The maximum absolute atomic E-state index is 12.1. The number of likely N-dealkylation sites (tertiary alicyclic amines) is 1. The number of rotatable bonds is 2. The monoisotopic (exact) mass is 259 g/mol. The van der Waals surface area contributed by atoms with Crippen molar-refractivity contribution in [1.29, 1.82) is 0 Å². The summed E-state index contributed by atoms with van der Waals surface area (Å²) in [4.78, 5) is 13.9. The summed E-state index contributed by atoms with van der Waals surface area (Å²) in [6.45, 7) is 5.29. The molecular weight excluding hydrogens is 238 g/mol. The van der Waals surface area contributed by atoms with E-state index in [1.54, 1.807) is 6.08 Å². The number of piperidine rings is 1. The van der Waals surface area contributed by atoms with Gasteiger partial charge < -0.3 is 10.0 Å². The lowest BCUT2D eigenvalue weighted by Crippen LogP contribution is -2.44. The van der Waals surface area contributed by atoms with Crippen LogP contribution in [0, 0.1) is 12.8 Å². The largest absolute Gasteiger partial charge is 0.393 e. The zero-order valence-electron chi connectivity index (χ0n) is 11.5. The molecule has 0 aliphatic carbocycles. The number of carbonyl (C=O) groups excluding carboxylic acids is 1. The van der Waals surface area contributed by atoms with Gasteiger partial charge in [-0.15, -0.1) is 0 Å². The quantitative estimate of drug-likeness (QED) is 0.827. The number of aryl methyl sites for hydroxylation is 1. The first-order valence-electron chi connectivity index (χ1n) is 6.78. The van der Waals surface area contributed by atoms with Crippen molar-refractivity contribution in [2.24, 2.45) is 5.92 Å². The zero-order valence-corrected chi connectivity index (χ0v) is 11.5. The summed E-state index contributed by atoms with van der Waals surface area (Å²) in [5.41, 5.74) is 2.22. The van der Waals surface area contributed by atoms with Crippen molar-refractivity contribution in [3.63, 3.8) is 0 Å². The van der Waals surface area contributed by atoms with Gasteiger partial charge in [0.2, 0.25) is 5.91 Å². The van der Waals surface area contributed by atoms with Gasteiger partial charge in [-0.25, -0.2) is 0 Å². The summed E-state index contributed by atoms with van der Waals surface area (Å²) in [5, 5.41) is 9.66. The Morgan fingerprint density at radius 1 is 1.47 bits per heavy atom. The van der Waals surface area contributed by atoms with Crippen molar-refractivity contribution < 1.29 is 9.90 Å². The SMILES string of the molecule is Cc1cccc(/C=C/C(=O)N2CCC(O)C(C)C2)c1. The summed E-state index contributed by atoms with van der Waals surface area (Å²) < 4.78 is 0. The van der Waals surface area contributed by atoms with Gasteiger partial charge in [0.05, 0.1) is 6.10 Å². The predicted octanol–water partition coefficient (Wildman–Crippen LogP) is 2.24. The molecule has 2 unspecified atom stereocenters. The van der Waals surface area contributed by atoms with E-state index in [-0.39, 0.29) is 17.9 Å². The Labute approximate surface area is 114 Å². The Bertz CT molecular complexity index is 481. The van der Waals surface area contributed by atoms with Gasteiger partial charge in [0, 0.05) is 19.2 Å². The van der Waals surface area contributed by atoms with Crippen LogP contribution in [0.15, 0.2) is 30.3 Å². The van der Waals surface area contributed by atoms with Crippen molar-refractivity contribution >= 4 is 12.0 Å². The van der Waals surface area contributed by atoms with E-state index in [9.17, 15) is 9.90 Å². The van der Waals surface area contributed by atoms with Crippen molar-refractivity contribution in [3.05, 3.63) is 41.5 Å². The summed E-state index contributed by atoms with van der Waals surface area (Å²) in [5.74, 6) is 0.185. The topological polar surface area (TPSA) is 40.5 Å². The molecule has 0 aromatic heterocycles. The van der Waals surface area contributed by atoms with Crippen LogP contribution in [0.25, 0.3) is 6.08 Å². The molecule has 0 saturated carbocycles. The van der Waals surface area contributed by atoms with Crippen molar-refractivity contribution in [2.45, 2.75) is 26.4 Å². The normalized spacial score (nSPS) is 23.8. The molecule has 1 heterocycles. The molecule has 1 amide bonds. The molecule has 0 spiro atoms. The highest BCUT2D eigenvalue weighted by Gasteiger charge is 2.25. The molecule has 1 aromatic carbocycles. The van der Waals surface area contributed by atoms with Crippen LogP contribution in [0.4, 0.5) is 0 Å². The smallest absolute Gasteiger partial charge is 0.246 e. The number of hydrogen-bond donors (Lipinski definition) is 1. The maximum Gasteiger partial charge on any atom is 0.246 e. The molecule has 2 rings (SSSR count). The molecule has 0 radical (unpaired) electrons. The number of benzene rings is 1. The van der Waals surface area contributed by atoms with Gasteiger partial charge >= 0.3 is 0 Å². The Morgan fingerprint density at radius 2 is 2.26 bits per heavy atom. The second-order valence-electron chi connectivity index (χ2n) is 5.37. The highest BCUT2D eigenvalue weighted by Crippen LogP contribution is 2.17. The highest BCUT2D eigenvalue weighted by atomic mass is 16.3. The zero-order chi connectivity index (χ0) is 13.8. The number of aliphatic hydroxyl groups excluding tert-OH is 1. The van der Waals surface area contributed by atoms with Gasteiger partial charge in [0.1, 0.15) is 0 Å². The van der Waals surface area contributed by atoms with E-state index in [1.165, 1.54) is 5.56 Å². The van der Waals surface area contributed by atoms with Gasteiger partial charge in [-0.3, -0.25) is 4.79 Å². The minimum atomic E-state index is -0.273. The predicted molar refractivity (Wildman–Crippen MR) is 76.6 cm³/mol. The summed E-state index contributed by atoms with van der Waals surface area (Å²) in [6.07, 6.45) is 3.87. The Balaban J connectivity index is 1.97. The maximum atomic E-state index is 12.1. The lowest BCUT2D eigenvalue weighted by Gasteiger charge is -2.33. The third kappa shape index (κ3) is 3.67. The van der Waals surface area contributed by atoms with Crippen LogP contribution >= 0.6 is 0 Å². The first-order valence-corrected chi connectivity index (χ1v) is 6.78. The Hall–Kier alpha value is -1.61. The molecule has 19 heavy (non-hydrogen) atoms. The molecular formula is C16H21NO2. The Kier molecular flexibility index (Phi) is 4.38. The van der Waals surface area contributed by atoms with Crippen LogP contribution in [0.3, 0.4) is 0 Å². The second kappa shape index (κ2) is 6.02. The third-order valence-corrected chi connectivity index (χ3v) is 3.63. The number of carbonyl (C=O) groups is 1. The van der Waals surface area contributed by atoms with Crippen LogP contribution in [-0.4, -0.2) is 35.1 Å². The molecule has 0 bridgehead atoms. The fraction of sp³-hybridized carbons (Fsp3) is 0.438. The van der Waals surface area contributed by atoms with Gasteiger partial charge in [-0.1, -0.05) is 36.8 Å². The molecule has 3 nitrogen and oxygen atoms in total. The lowest BCUT2D eigenvalue weighted by atomic mass is 9.97.